The Bertz CT molecular complexity index is 731. The summed E-state index contributed by atoms with van der Waals surface area (Å²) in [6.45, 7) is 7.84. The van der Waals surface area contributed by atoms with Gasteiger partial charge in [-0.1, -0.05) is 19.6 Å². The number of aromatic nitrogens is 2. The molecular formula is C15H23BrN2O3Si. The Morgan fingerprint density at radius 2 is 2.05 bits per heavy atom. The number of ether oxygens (including phenoxy) is 1. The highest BCUT2D eigenvalue weighted by Crippen LogP contribution is 2.25. The van der Waals surface area contributed by atoms with Crippen molar-refractivity contribution in [3.63, 3.8) is 0 Å². The smallest absolute Gasteiger partial charge is 0.259 e. The minimum atomic E-state index is -1.13. The van der Waals surface area contributed by atoms with Crippen LogP contribution in [0.2, 0.25) is 25.7 Å². The molecule has 5 nitrogen and oxygen atoms in total. The molecule has 0 fully saturated rings. The van der Waals surface area contributed by atoms with E-state index in [9.17, 15) is 9.90 Å². The Hall–Kier alpha value is -0.893. The lowest BCUT2D eigenvalue weighted by atomic mass is 10.3. The van der Waals surface area contributed by atoms with E-state index in [0.29, 0.717) is 24.4 Å². The minimum absolute atomic E-state index is 0.0752. The van der Waals surface area contributed by atoms with Crippen molar-refractivity contribution in [2.24, 2.45) is 7.05 Å². The second-order valence-corrected chi connectivity index (χ2v) is 13.2. The van der Waals surface area contributed by atoms with Crippen LogP contribution in [-0.2, 0) is 25.1 Å². The first-order chi connectivity index (χ1) is 10.2. The van der Waals surface area contributed by atoms with Gasteiger partial charge in [-0.3, -0.25) is 4.79 Å². The molecule has 122 valence electrons. The number of hydrogen-bond acceptors (Lipinski definition) is 3. The van der Waals surface area contributed by atoms with Crippen LogP contribution in [0.5, 0.6) is 0 Å². The maximum Gasteiger partial charge on any atom is 0.259 e. The molecule has 2 heterocycles. The molecule has 0 bridgehead atoms. The number of nitrogens with zero attached hydrogens (tertiary/aromatic N) is 2. The van der Waals surface area contributed by atoms with Gasteiger partial charge in [0.1, 0.15) is 6.73 Å². The maximum absolute atomic E-state index is 12.2. The van der Waals surface area contributed by atoms with Crippen LogP contribution < -0.4 is 5.56 Å². The topological polar surface area (TPSA) is 56.4 Å². The standard InChI is InChI=1S/C15H23BrN2O3Si/c1-17-8-13(16)14-12(15(17)20)7-11(9-19)18(14)10-21-5-6-22(2,3)4/h7-8,19H,5-6,9-10H2,1-4H3. The van der Waals surface area contributed by atoms with Gasteiger partial charge in [-0.25, -0.2) is 0 Å². The molecule has 0 saturated heterocycles. The van der Waals surface area contributed by atoms with Crippen LogP contribution >= 0.6 is 15.9 Å². The third-order valence-corrected chi connectivity index (χ3v) is 5.93. The molecule has 0 aliphatic heterocycles. The highest BCUT2D eigenvalue weighted by molar-refractivity contribution is 9.10. The number of halogens is 1. The van der Waals surface area contributed by atoms with Crippen molar-refractivity contribution in [3.05, 3.63) is 32.8 Å². The SMILES string of the molecule is Cn1cc(Br)c2c(cc(CO)n2COCC[Si](C)(C)C)c1=O. The molecule has 0 atom stereocenters. The highest BCUT2D eigenvalue weighted by atomic mass is 79.9. The summed E-state index contributed by atoms with van der Waals surface area (Å²) in [6, 6.07) is 2.83. The Balaban J connectivity index is 2.32. The van der Waals surface area contributed by atoms with Gasteiger partial charge in [0.15, 0.2) is 0 Å². The molecule has 0 saturated carbocycles. The predicted octanol–water partition coefficient (Wildman–Crippen LogP) is 2.91. The first-order valence-electron chi connectivity index (χ1n) is 7.30. The van der Waals surface area contributed by atoms with Crippen LogP contribution in [0.1, 0.15) is 5.69 Å². The molecule has 2 aromatic heterocycles. The van der Waals surface area contributed by atoms with Crippen molar-refractivity contribution >= 4 is 34.9 Å². The molecule has 0 spiro atoms. The van der Waals surface area contributed by atoms with Gasteiger partial charge in [0.2, 0.25) is 0 Å². The number of aliphatic hydroxyl groups is 1. The number of rotatable bonds is 6. The van der Waals surface area contributed by atoms with Crippen LogP contribution in [0.15, 0.2) is 21.5 Å². The van der Waals surface area contributed by atoms with Crippen molar-refractivity contribution in [2.75, 3.05) is 6.61 Å². The monoisotopic (exact) mass is 386 g/mol. The van der Waals surface area contributed by atoms with E-state index in [1.165, 1.54) is 4.57 Å². The van der Waals surface area contributed by atoms with Crippen LogP contribution in [0.3, 0.4) is 0 Å². The molecule has 0 radical (unpaired) electrons. The molecule has 0 aliphatic rings. The summed E-state index contributed by atoms with van der Waals surface area (Å²) in [6.07, 6.45) is 1.74. The Kier molecular flexibility index (Phi) is 5.32. The van der Waals surface area contributed by atoms with Crippen LogP contribution in [0.4, 0.5) is 0 Å². The summed E-state index contributed by atoms with van der Waals surface area (Å²) in [5.41, 5.74) is 1.39. The van der Waals surface area contributed by atoms with Gasteiger partial charge >= 0.3 is 0 Å². The largest absolute Gasteiger partial charge is 0.390 e. The van der Waals surface area contributed by atoms with Crippen molar-refractivity contribution in [1.82, 2.24) is 9.13 Å². The fourth-order valence-corrected chi connectivity index (χ4v) is 3.81. The van der Waals surface area contributed by atoms with Gasteiger partial charge in [0.25, 0.3) is 5.56 Å². The molecular weight excluding hydrogens is 364 g/mol. The Morgan fingerprint density at radius 3 is 2.64 bits per heavy atom. The molecule has 0 aromatic carbocycles. The molecule has 22 heavy (non-hydrogen) atoms. The van der Waals surface area contributed by atoms with Crippen LogP contribution in [0.25, 0.3) is 10.9 Å². The lowest BCUT2D eigenvalue weighted by Crippen LogP contribution is -2.22. The van der Waals surface area contributed by atoms with Crippen LogP contribution in [0, 0.1) is 0 Å². The second-order valence-electron chi connectivity index (χ2n) is 6.73. The van der Waals surface area contributed by atoms with Gasteiger partial charge in [-0.15, -0.1) is 0 Å². The minimum Gasteiger partial charge on any atom is -0.390 e. The molecule has 2 aromatic rings. The average Bonchev–Trinajstić information content (AvgIpc) is 2.79. The average molecular weight is 387 g/mol. The number of aryl methyl sites for hydroxylation is 1. The number of pyridine rings is 1. The number of hydrogen-bond donors (Lipinski definition) is 1. The molecule has 0 unspecified atom stereocenters. The summed E-state index contributed by atoms with van der Waals surface area (Å²) in [5, 5.41) is 10.2. The Labute approximate surface area is 139 Å². The van der Waals surface area contributed by atoms with Gasteiger partial charge in [-0.2, -0.15) is 0 Å². The van der Waals surface area contributed by atoms with Crippen molar-refractivity contribution in [1.29, 1.82) is 0 Å². The number of aliphatic hydroxyl groups excluding tert-OH is 1. The van der Waals surface area contributed by atoms with E-state index in [2.05, 4.69) is 35.6 Å². The zero-order valence-corrected chi connectivity index (χ0v) is 16.1. The van der Waals surface area contributed by atoms with Crippen molar-refractivity contribution in [2.45, 2.75) is 39.0 Å². The zero-order chi connectivity index (χ0) is 16.5. The van der Waals surface area contributed by atoms with E-state index in [4.69, 9.17) is 4.74 Å². The summed E-state index contributed by atoms with van der Waals surface area (Å²) < 4.78 is 10.0. The Morgan fingerprint density at radius 1 is 1.36 bits per heavy atom. The lowest BCUT2D eigenvalue weighted by Gasteiger charge is -2.17. The van der Waals surface area contributed by atoms with Crippen LogP contribution in [-0.4, -0.2) is 28.9 Å². The van der Waals surface area contributed by atoms with E-state index < -0.39 is 8.07 Å². The first kappa shape index (κ1) is 17.5. The fraction of sp³-hybridized carbons (Fsp3) is 0.533. The molecule has 1 N–H and O–H groups in total. The zero-order valence-electron chi connectivity index (χ0n) is 13.5. The third kappa shape index (κ3) is 3.71. The predicted molar refractivity (Wildman–Crippen MR) is 94.9 cm³/mol. The molecule has 0 aliphatic carbocycles. The first-order valence-corrected chi connectivity index (χ1v) is 11.8. The van der Waals surface area contributed by atoms with E-state index in [1.54, 1.807) is 19.3 Å². The quantitative estimate of drug-likeness (QED) is 0.613. The molecule has 2 rings (SSSR count). The highest BCUT2D eigenvalue weighted by Gasteiger charge is 2.16. The summed E-state index contributed by atoms with van der Waals surface area (Å²) in [7, 11) is 0.587. The number of fused-ring (bicyclic) bond motifs is 1. The maximum atomic E-state index is 12.2. The fourth-order valence-electron chi connectivity index (χ4n) is 2.31. The second kappa shape index (κ2) is 6.70. The van der Waals surface area contributed by atoms with Gasteiger partial charge in [-0.05, 0) is 28.0 Å². The molecule has 7 heteroatoms. The van der Waals surface area contributed by atoms with Gasteiger partial charge in [0.05, 0.1) is 22.0 Å². The van der Waals surface area contributed by atoms with Gasteiger partial charge in [0, 0.05) is 33.6 Å². The molecule has 0 amide bonds. The van der Waals surface area contributed by atoms with E-state index in [0.717, 1.165) is 16.0 Å². The van der Waals surface area contributed by atoms with E-state index in [-0.39, 0.29) is 12.2 Å². The van der Waals surface area contributed by atoms with Crippen molar-refractivity contribution < 1.29 is 9.84 Å². The lowest BCUT2D eigenvalue weighted by molar-refractivity contribution is 0.0853. The summed E-state index contributed by atoms with van der Waals surface area (Å²) >= 11 is 3.51. The third-order valence-electron chi connectivity index (χ3n) is 3.65. The van der Waals surface area contributed by atoms with E-state index in [1.807, 2.05) is 4.57 Å². The summed E-state index contributed by atoms with van der Waals surface area (Å²) in [4.78, 5) is 12.2. The summed E-state index contributed by atoms with van der Waals surface area (Å²) in [5.74, 6) is 0. The van der Waals surface area contributed by atoms with Gasteiger partial charge < -0.3 is 19.0 Å². The van der Waals surface area contributed by atoms with E-state index >= 15 is 0 Å². The normalized spacial score (nSPS) is 12.3. The van der Waals surface area contributed by atoms with Crippen molar-refractivity contribution in [3.8, 4) is 0 Å².